The van der Waals surface area contributed by atoms with Crippen LogP contribution < -0.4 is 0 Å². The summed E-state index contributed by atoms with van der Waals surface area (Å²) in [4.78, 5) is 38.5. The van der Waals surface area contributed by atoms with Gasteiger partial charge in [-0.05, 0) is 58.4 Å². The Labute approximate surface area is 178 Å². The zero-order valence-electron chi connectivity index (χ0n) is 18.8. The predicted molar refractivity (Wildman–Crippen MR) is 112 cm³/mol. The molecule has 1 rings (SSSR count). The van der Waals surface area contributed by atoms with Crippen molar-refractivity contribution in [2.24, 2.45) is 5.92 Å². The number of esters is 1. The van der Waals surface area contributed by atoms with Crippen LogP contribution in [0.1, 0.15) is 73.1 Å². The summed E-state index contributed by atoms with van der Waals surface area (Å²) in [5.74, 6) is -0.197. The second-order valence-electron chi connectivity index (χ2n) is 8.37. The van der Waals surface area contributed by atoms with Gasteiger partial charge in [-0.25, -0.2) is 0 Å². The van der Waals surface area contributed by atoms with Crippen molar-refractivity contribution in [3.05, 3.63) is 33.4 Å². The molecule has 1 unspecified atom stereocenters. The number of carbonyl (C=O) groups excluding carboxylic acids is 2. The fourth-order valence-electron chi connectivity index (χ4n) is 3.46. The summed E-state index contributed by atoms with van der Waals surface area (Å²) in [6, 6.07) is 0. The smallest absolute Gasteiger partial charge is 0.303 e. The molecule has 8 heteroatoms. The molecule has 1 fully saturated rings. The lowest BCUT2D eigenvalue weighted by atomic mass is 9.87. The largest absolute Gasteiger partial charge is 0.459 e. The predicted octanol–water partition coefficient (Wildman–Crippen LogP) is 4.35. The Morgan fingerprint density at radius 2 is 2.07 bits per heavy atom. The van der Waals surface area contributed by atoms with Crippen LogP contribution >= 0.6 is 0 Å². The van der Waals surface area contributed by atoms with E-state index in [1.165, 1.54) is 6.92 Å². The first-order valence-electron chi connectivity index (χ1n) is 10.5. The number of rotatable bonds is 11. The summed E-state index contributed by atoms with van der Waals surface area (Å²) in [7, 11) is 0. The van der Waals surface area contributed by atoms with Gasteiger partial charge in [-0.2, -0.15) is 0 Å². The quantitative estimate of drug-likeness (QED) is 0.210. The Hall–Kier alpha value is -2.22. The Balaban J connectivity index is 2.72. The van der Waals surface area contributed by atoms with Crippen LogP contribution in [-0.2, 0) is 23.9 Å². The number of carbonyl (C=O) groups is 2. The molecule has 0 aliphatic carbocycles. The lowest BCUT2D eigenvalue weighted by molar-refractivity contribution is -0.755. The molecule has 8 nitrogen and oxygen atoms in total. The van der Waals surface area contributed by atoms with Crippen LogP contribution in [0.5, 0.6) is 0 Å². The average molecular weight is 426 g/mol. The van der Waals surface area contributed by atoms with Gasteiger partial charge >= 0.3 is 5.97 Å². The Kier molecular flexibility index (Phi) is 10.7. The summed E-state index contributed by atoms with van der Waals surface area (Å²) in [5, 5.41) is 9.49. The zero-order valence-corrected chi connectivity index (χ0v) is 18.8. The minimum atomic E-state index is -0.833. The van der Waals surface area contributed by atoms with E-state index in [1.807, 2.05) is 33.8 Å². The van der Waals surface area contributed by atoms with Gasteiger partial charge in [0.15, 0.2) is 0 Å². The third-order valence-corrected chi connectivity index (χ3v) is 5.43. The highest BCUT2D eigenvalue weighted by molar-refractivity contribution is 5.82. The minimum absolute atomic E-state index is 0.0445. The summed E-state index contributed by atoms with van der Waals surface area (Å²) >= 11 is 0. The lowest BCUT2D eigenvalue weighted by Crippen LogP contribution is -2.43. The number of allylic oxidation sites excluding steroid dienone is 2. The molecule has 1 aliphatic rings. The number of Topliss-reactive ketones (excluding diaryl/α,β-unsaturated/α-hetero) is 1. The molecule has 0 amide bonds. The minimum Gasteiger partial charge on any atom is -0.459 e. The molecule has 0 aromatic rings. The van der Waals surface area contributed by atoms with Crippen LogP contribution in [0.15, 0.2) is 23.3 Å². The lowest BCUT2D eigenvalue weighted by Gasteiger charge is -2.35. The fraction of sp³-hybridized carbons (Fsp3) is 0.727. The highest BCUT2D eigenvalue weighted by Gasteiger charge is 2.39. The molecule has 0 aromatic carbocycles. The highest BCUT2D eigenvalue weighted by atomic mass is 16.9. The van der Waals surface area contributed by atoms with Gasteiger partial charge in [0.25, 0.3) is 5.09 Å². The van der Waals surface area contributed by atoms with Gasteiger partial charge in [0.05, 0.1) is 6.61 Å². The SMILES string of the molecule is CC(=O)O[C@@H]1CCC(=CCO[N+](=O)[O-])CO[C@@]1(C)CCCC(C)C(=O)CC=C(C)C. The van der Waals surface area contributed by atoms with E-state index in [0.29, 0.717) is 32.3 Å². The molecule has 30 heavy (non-hydrogen) atoms. The molecule has 0 radical (unpaired) electrons. The Morgan fingerprint density at radius 1 is 1.37 bits per heavy atom. The van der Waals surface area contributed by atoms with E-state index in [-0.39, 0.29) is 24.3 Å². The summed E-state index contributed by atoms with van der Waals surface area (Å²) in [6.45, 7) is 9.35. The van der Waals surface area contributed by atoms with Crippen molar-refractivity contribution in [2.45, 2.75) is 84.8 Å². The molecule has 0 bridgehead atoms. The molecule has 0 saturated carbocycles. The van der Waals surface area contributed by atoms with Crippen molar-refractivity contribution in [3.63, 3.8) is 0 Å². The molecule has 0 N–H and O–H groups in total. The van der Waals surface area contributed by atoms with E-state index in [0.717, 1.165) is 24.0 Å². The maximum atomic E-state index is 12.3. The first kappa shape index (κ1) is 25.8. The highest BCUT2D eigenvalue weighted by Crippen LogP contribution is 2.34. The van der Waals surface area contributed by atoms with Crippen LogP contribution in [0.2, 0.25) is 0 Å². The first-order valence-corrected chi connectivity index (χ1v) is 10.5. The number of hydrogen-bond acceptors (Lipinski definition) is 7. The molecule has 170 valence electrons. The number of ketones is 1. The normalized spacial score (nSPS) is 23.9. The van der Waals surface area contributed by atoms with Crippen molar-refractivity contribution in [1.82, 2.24) is 0 Å². The summed E-state index contributed by atoms with van der Waals surface area (Å²) < 4.78 is 11.7. The van der Waals surface area contributed by atoms with Crippen LogP contribution in [0, 0.1) is 16.0 Å². The summed E-state index contributed by atoms with van der Waals surface area (Å²) in [5.41, 5.74) is 1.32. The van der Waals surface area contributed by atoms with Crippen LogP contribution in [0.3, 0.4) is 0 Å². The monoisotopic (exact) mass is 425 g/mol. The van der Waals surface area contributed by atoms with Crippen molar-refractivity contribution in [2.75, 3.05) is 13.2 Å². The van der Waals surface area contributed by atoms with E-state index in [9.17, 15) is 19.7 Å². The topological polar surface area (TPSA) is 105 Å². The second-order valence-corrected chi connectivity index (χ2v) is 8.37. The summed E-state index contributed by atoms with van der Waals surface area (Å²) in [6.07, 6.45) is 6.93. The molecule has 3 atom stereocenters. The van der Waals surface area contributed by atoms with Crippen LogP contribution in [0.25, 0.3) is 0 Å². The molecule has 0 spiro atoms. The first-order chi connectivity index (χ1) is 14.0. The second kappa shape index (κ2) is 12.5. The van der Waals surface area contributed by atoms with E-state index in [1.54, 1.807) is 6.08 Å². The molecule has 1 saturated heterocycles. The number of ether oxygens (including phenoxy) is 2. The van der Waals surface area contributed by atoms with Gasteiger partial charge in [-0.3, -0.25) is 9.59 Å². The number of nitrogens with zero attached hydrogens (tertiary/aromatic N) is 1. The third-order valence-electron chi connectivity index (χ3n) is 5.43. The van der Waals surface area contributed by atoms with Crippen molar-refractivity contribution >= 4 is 11.8 Å². The average Bonchev–Trinajstić information content (AvgIpc) is 2.79. The maximum Gasteiger partial charge on any atom is 0.303 e. The van der Waals surface area contributed by atoms with Gasteiger partial charge < -0.3 is 14.3 Å². The molecule has 1 aliphatic heterocycles. The standard InChI is InChI=1S/C22H35NO7/c1-16(2)8-10-20(25)17(3)7-6-13-22(5)21(30-18(4)24)11-9-19(15-28-22)12-14-29-23(26)27/h8,12,17,21H,6-7,9-11,13-15H2,1-5H3/t17?,21-,22+/m1/s1. The molecule has 0 aromatic heterocycles. The van der Waals surface area contributed by atoms with Gasteiger partial charge in [0.1, 0.15) is 24.1 Å². The molecular weight excluding hydrogens is 390 g/mol. The Bertz CT molecular complexity index is 666. The van der Waals surface area contributed by atoms with E-state index in [2.05, 4.69) is 4.84 Å². The number of hydrogen-bond donors (Lipinski definition) is 0. The van der Waals surface area contributed by atoms with Crippen molar-refractivity contribution in [3.8, 4) is 0 Å². The van der Waals surface area contributed by atoms with Crippen molar-refractivity contribution < 1.29 is 29.0 Å². The van der Waals surface area contributed by atoms with E-state index >= 15 is 0 Å². The third kappa shape index (κ3) is 9.52. The molecular formula is C22H35NO7. The van der Waals surface area contributed by atoms with E-state index in [4.69, 9.17) is 9.47 Å². The maximum absolute atomic E-state index is 12.3. The van der Waals surface area contributed by atoms with Crippen LogP contribution in [-0.4, -0.2) is 41.8 Å². The van der Waals surface area contributed by atoms with Gasteiger partial charge in [0, 0.05) is 19.3 Å². The Morgan fingerprint density at radius 3 is 2.67 bits per heavy atom. The van der Waals surface area contributed by atoms with Gasteiger partial charge in [-0.1, -0.05) is 24.6 Å². The van der Waals surface area contributed by atoms with Crippen molar-refractivity contribution in [1.29, 1.82) is 0 Å². The van der Waals surface area contributed by atoms with Crippen LogP contribution in [0.4, 0.5) is 0 Å². The van der Waals surface area contributed by atoms with Gasteiger partial charge in [0.2, 0.25) is 0 Å². The van der Waals surface area contributed by atoms with Gasteiger partial charge in [-0.15, -0.1) is 10.1 Å². The fourth-order valence-corrected chi connectivity index (χ4v) is 3.46. The van der Waals surface area contributed by atoms with E-state index < -0.39 is 16.8 Å². The molecule has 1 heterocycles. The zero-order chi connectivity index (χ0) is 22.7.